The number of piperidine rings is 1. The maximum absolute atomic E-state index is 12.9. The number of nitrogens with one attached hydrogen (secondary N) is 1. The Kier molecular flexibility index (Phi) is 8.66. The van der Waals surface area contributed by atoms with E-state index >= 15 is 0 Å². The van der Waals surface area contributed by atoms with Gasteiger partial charge in [0.05, 0.1) is 35.5 Å². The molecule has 0 aliphatic carbocycles. The van der Waals surface area contributed by atoms with Crippen molar-refractivity contribution in [3.63, 3.8) is 0 Å². The summed E-state index contributed by atoms with van der Waals surface area (Å²) in [5.74, 6) is 0.373. The molecule has 15 heteroatoms. The molecule has 2 aliphatic heterocycles. The number of piperazine rings is 1. The summed E-state index contributed by atoms with van der Waals surface area (Å²) in [5, 5.41) is 8.49. The third-order valence-corrected chi connectivity index (χ3v) is 10.2. The number of hydrogen-bond donors (Lipinski definition) is 1. The lowest BCUT2D eigenvalue weighted by Gasteiger charge is -2.32. The van der Waals surface area contributed by atoms with Gasteiger partial charge in [0.2, 0.25) is 11.6 Å². The smallest absolute Gasteiger partial charge is 0.262 e. The summed E-state index contributed by atoms with van der Waals surface area (Å²) in [6, 6.07) is 6.00. The standard InChI is InChI=1S/C29H34ClN11O2S/c1-31-25-16-32-29(35-23-6-8-40(9-7-23)44(42,43)27-19-38(3)20-33-27)36-28(25)22-15-34-41(18-22)26-5-4-21(14-24(26)30)17-39-12-10-37(2)11-13-39/h4-5,14-16,18-20,23H,6-13,17H2,2-3H3,(H,32,35,36). The normalized spacial score (nSPS) is 17.5. The Balaban J connectivity index is 1.13. The second-order valence-corrected chi connectivity index (χ2v) is 13.6. The molecule has 3 aromatic heterocycles. The van der Waals surface area contributed by atoms with Gasteiger partial charge >= 0.3 is 0 Å². The van der Waals surface area contributed by atoms with Crippen LogP contribution in [0.5, 0.6) is 0 Å². The van der Waals surface area contributed by atoms with Crippen molar-refractivity contribution in [2.75, 3.05) is 51.6 Å². The van der Waals surface area contributed by atoms with E-state index in [0.717, 1.165) is 44.0 Å². The number of nitrogens with zero attached hydrogens (tertiary/aromatic N) is 10. The maximum atomic E-state index is 12.9. The Morgan fingerprint density at radius 3 is 2.50 bits per heavy atom. The second-order valence-electron chi connectivity index (χ2n) is 11.3. The van der Waals surface area contributed by atoms with E-state index in [1.54, 1.807) is 22.5 Å². The topological polar surface area (TPSA) is 122 Å². The number of rotatable bonds is 8. The summed E-state index contributed by atoms with van der Waals surface area (Å²) in [6.45, 7) is 13.4. The number of likely N-dealkylation sites (N-methyl/N-ethyl adjacent to an activating group) is 1. The molecule has 0 saturated carbocycles. The number of hydrogen-bond acceptors (Lipinski definition) is 9. The number of benzene rings is 1. The molecular formula is C29H34ClN11O2S. The van der Waals surface area contributed by atoms with Gasteiger partial charge in [0.25, 0.3) is 10.0 Å². The van der Waals surface area contributed by atoms with Gasteiger partial charge in [-0.05, 0) is 37.6 Å². The average molecular weight is 636 g/mol. The molecule has 4 aromatic rings. The van der Waals surface area contributed by atoms with Crippen molar-refractivity contribution in [2.45, 2.75) is 30.5 Å². The number of anilines is 1. The van der Waals surface area contributed by atoms with Crippen molar-refractivity contribution in [2.24, 2.45) is 7.05 Å². The summed E-state index contributed by atoms with van der Waals surface area (Å²) in [5.41, 5.74) is 3.32. The van der Waals surface area contributed by atoms with Gasteiger partial charge in [-0.1, -0.05) is 17.7 Å². The molecule has 1 N–H and O–H groups in total. The minimum Gasteiger partial charge on any atom is -0.351 e. The number of sulfonamides is 1. The van der Waals surface area contributed by atoms with Crippen molar-refractivity contribution in [1.82, 2.24) is 43.4 Å². The van der Waals surface area contributed by atoms with Gasteiger partial charge in [-0.25, -0.2) is 32.9 Å². The average Bonchev–Trinajstić information content (AvgIpc) is 3.69. The lowest BCUT2D eigenvalue weighted by atomic mass is 10.1. The first-order valence-corrected chi connectivity index (χ1v) is 16.3. The number of aryl methyl sites for hydroxylation is 1. The summed E-state index contributed by atoms with van der Waals surface area (Å²) >= 11 is 6.71. The highest BCUT2D eigenvalue weighted by Gasteiger charge is 2.31. The Bertz CT molecular complexity index is 1780. The van der Waals surface area contributed by atoms with Gasteiger partial charge in [-0.2, -0.15) is 9.40 Å². The van der Waals surface area contributed by atoms with Crippen LogP contribution in [-0.2, 0) is 23.6 Å². The molecule has 0 unspecified atom stereocenters. The number of aromatic nitrogens is 6. The van der Waals surface area contributed by atoms with Crippen LogP contribution in [0.1, 0.15) is 18.4 Å². The number of imidazole rings is 1. The summed E-state index contributed by atoms with van der Waals surface area (Å²) in [7, 11) is 0.248. The van der Waals surface area contributed by atoms with Crippen LogP contribution in [0.3, 0.4) is 0 Å². The summed E-state index contributed by atoms with van der Waals surface area (Å²) < 4.78 is 30.6. The van der Waals surface area contributed by atoms with Crippen molar-refractivity contribution >= 4 is 33.3 Å². The first-order valence-electron chi connectivity index (χ1n) is 14.4. The Morgan fingerprint density at radius 1 is 1.05 bits per heavy atom. The van der Waals surface area contributed by atoms with Crippen molar-refractivity contribution in [1.29, 1.82) is 0 Å². The van der Waals surface area contributed by atoms with E-state index in [0.29, 0.717) is 53.8 Å². The van der Waals surface area contributed by atoms with Crippen LogP contribution in [0.15, 0.2) is 54.3 Å². The van der Waals surface area contributed by atoms with Gasteiger partial charge in [0.1, 0.15) is 0 Å². The molecule has 2 saturated heterocycles. The molecule has 0 amide bonds. The summed E-state index contributed by atoms with van der Waals surface area (Å²) in [4.78, 5) is 21.4. The van der Waals surface area contributed by atoms with Gasteiger partial charge in [-0.15, -0.1) is 0 Å². The van der Waals surface area contributed by atoms with Crippen LogP contribution in [0.4, 0.5) is 11.6 Å². The highest BCUT2D eigenvalue weighted by Crippen LogP contribution is 2.31. The number of halogens is 1. The predicted molar refractivity (Wildman–Crippen MR) is 167 cm³/mol. The minimum atomic E-state index is -3.64. The lowest BCUT2D eigenvalue weighted by molar-refractivity contribution is 0.148. The third-order valence-electron chi connectivity index (χ3n) is 8.08. The lowest BCUT2D eigenvalue weighted by Crippen LogP contribution is -2.43. The molecule has 2 aliphatic rings. The molecule has 0 bridgehead atoms. The molecule has 6 rings (SSSR count). The predicted octanol–water partition coefficient (Wildman–Crippen LogP) is 3.28. The van der Waals surface area contributed by atoms with E-state index in [9.17, 15) is 8.42 Å². The fourth-order valence-electron chi connectivity index (χ4n) is 5.49. The molecule has 2 fully saturated rings. The zero-order chi connectivity index (χ0) is 30.8. The Hall–Kier alpha value is -3.87. The molecule has 44 heavy (non-hydrogen) atoms. The molecule has 0 spiro atoms. The van der Waals surface area contributed by atoms with Crippen LogP contribution >= 0.6 is 11.6 Å². The SMILES string of the molecule is [C-]#[N+]c1cnc(NC2CCN(S(=O)(=O)c3cn(C)cn3)CC2)nc1-c1cnn(-c2ccc(CN3CCN(C)CC3)cc2Cl)c1. The van der Waals surface area contributed by atoms with E-state index in [1.807, 2.05) is 18.3 Å². The van der Waals surface area contributed by atoms with Gasteiger partial charge in [0.15, 0.2) is 5.03 Å². The fourth-order valence-corrected chi connectivity index (χ4v) is 7.22. The quantitative estimate of drug-likeness (QED) is 0.291. The van der Waals surface area contributed by atoms with Gasteiger partial charge in [0, 0.05) is 83.1 Å². The monoisotopic (exact) mass is 635 g/mol. The Morgan fingerprint density at radius 2 is 1.82 bits per heavy atom. The first kappa shape index (κ1) is 30.2. The molecule has 0 atom stereocenters. The van der Waals surface area contributed by atoms with Crippen molar-refractivity contribution in [3.8, 4) is 16.9 Å². The molecule has 230 valence electrons. The Labute approximate surface area is 262 Å². The van der Waals surface area contributed by atoms with Crippen LogP contribution in [0.25, 0.3) is 21.8 Å². The van der Waals surface area contributed by atoms with E-state index in [1.165, 1.54) is 23.0 Å². The molecular weight excluding hydrogens is 602 g/mol. The summed E-state index contributed by atoms with van der Waals surface area (Å²) in [6.07, 6.45) is 9.12. The van der Waals surface area contributed by atoms with E-state index in [-0.39, 0.29) is 11.1 Å². The second kappa shape index (κ2) is 12.6. The van der Waals surface area contributed by atoms with Crippen LogP contribution in [0.2, 0.25) is 5.02 Å². The molecule has 1 aromatic carbocycles. The molecule has 0 radical (unpaired) electrons. The van der Waals surface area contributed by atoms with E-state index in [4.69, 9.17) is 18.2 Å². The molecule has 5 heterocycles. The van der Waals surface area contributed by atoms with E-state index < -0.39 is 10.0 Å². The highest BCUT2D eigenvalue weighted by molar-refractivity contribution is 7.89. The largest absolute Gasteiger partial charge is 0.351 e. The van der Waals surface area contributed by atoms with Crippen molar-refractivity contribution < 1.29 is 8.42 Å². The maximum Gasteiger partial charge on any atom is 0.262 e. The third kappa shape index (κ3) is 6.47. The van der Waals surface area contributed by atoms with Crippen molar-refractivity contribution in [3.05, 3.63) is 71.3 Å². The van der Waals surface area contributed by atoms with Gasteiger partial charge in [-0.3, -0.25) is 4.90 Å². The van der Waals surface area contributed by atoms with Crippen LogP contribution < -0.4 is 5.32 Å². The van der Waals surface area contributed by atoms with Crippen LogP contribution in [0, 0.1) is 6.57 Å². The van der Waals surface area contributed by atoms with Gasteiger partial charge < -0.3 is 14.8 Å². The van der Waals surface area contributed by atoms with Crippen LogP contribution in [-0.4, -0.2) is 104 Å². The zero-order valence-corrected chi connectivity index (χ0v) is 26.2. The molecule has 13 nitrogen and oxygen atoms in total. The fraction of sp³-hybridized carbons (Fsp3) is 0.414. The highest BCUT2D eigenvalue weighted by atomic mass is 35.5. The van der Waals surface area contributed by atoms with E-state index in [2.05, 4.69) is 53.1 Å². The minimum absolute atomic E-state index is 0.0253. The first-order chi connectivity index (χ1) is 21.2. The zero-order valence-electron chi connectivity index (χ0n) is 24.6.